The zero-order valence-corrected chi connectivity index (χ0v) is 41.3. The van der Waals surface area contributed by atoms with E-state index in [-0.39, 0.29) is 36.6 Å². The molecular weight excluding hydrogens is 811 g/mol. The molecule has 65 heavy (non-hydrogen) atoms. The van der Waals surface area contributed by atoms with Crippen molar-refractivity contribution in [3.63, 3.8) is 0 Å². The summed E-state index contributed by atoms with van der Waals surface area (Å²) in [6.07, 6.45) is 23.3. The van der Waals surface area contributed by atoms with Crippen LogP contribution < -0.4 is 21.4 Å². The third-order valence-electron chi connectivity index (χ3n) is 15.6. The zero-order chi connectivity index (χ0) is 46.9. The molecule has 4 N–H and O–H groups in total. The number of methoxy groups -OCH3 is 1. The van der Waals surface area contributed by atoms with Gasteiger partial charge in [0.15, 0.2) is 11.4 Å². The van der Waals surface area contributed by atoms with Crippen LogP contribution in [0.15, 0.2) is 46.3 Å². The highest BCUT2D eigenvalue weighted by molar-refractivity contribution is 6.18. The van der Waals surface area contributed by atoms with E-state index in [9.17, 15) is 14.4 Å². The molecule has 8 bridgehead atoms. The minimum Gasteiger partial charge on any atom is -0.468 e. The van der Waals surface area contributed by atoms with Gasteiger partial charge in [-0.3, -0.25) is 19.4 Å². The number of aromatic amines is 2. The number of carbonyl (C=O) groups excluding carboxylic acids is 3. The Morgan fingerprint density at radius 1 is 0.923 bits per heavy atom. The molecule has 352 valence electrons. The summed E-state index contributed by atoms with van der Waals surface area (Å²) >= 11 is 0. The third-order valence-corrected chi connectivity index (χ3v) is 15.6. The van der Waals surface area contributed by atoms with E-state index in [1.165, 1.54) is 68.8 Å². The molecule has 0 amide bonds. The van der Waals surface area contributed by atoms with Crippen LogP contribution in [0.5, 0.6) is 0 Å². The topological polar surface area (TPSA) is 138 Å². The molecule has 10 heteroatoms. The molecule has 1 aliphatic carbocycles. The molecule has 0 spiro atoms. The van der Waals surface area contributed by atoms with Gasteiger partial charge in [-0.15, -0.1) is 0 Å². The number of H-pyrrole nitrogens is 2. The second kappa shape index (κ2) is 20.0. The van der Waals surface area contributed by atoms with Crippen molar-refractivity contribution in [2.75, 3.05) is 13.7 Å². The number of hydrogen-bond donors (Lipinski definition) is 4. The Kier molecular flexibility index (Phi) is 14.8. The molecule has 7 rings (SSSR count). The quantitative estimate of drug-likeness (QED) is 0.0447. The number of aromatic nitrogens is 2. The van der Waals surface area contributed by atoms with Crippen LogP contribution in [-0.4, -0.2) is 58.1 Å². The fraction of sp³-hybridized carbons (Fsp3) is 0.582. The lowest BCUT2D eigenvalue weighted by molar-refractivity contribution is -0.147. The largest absolute Gasteiger partial charge is 0.468 e. The maximum Gasteiger partial charge on any atom is 0.320 e. The normalized spacial score (nSPS) is 26.0. The molecule has 0 aromatic carbocycles. The van der Waals surface area contributed by atoms with Crippen LogP contribution in [0.3, 0.4) is 0 Å². The number of hydrazine groups is 1. The third kappa shape index (κ3) is 9.57. The first kappa shape index (κ1) is 48.1. The highest BCUT2D eigenvalue weighted by Gasteiger charge is 2.66. The molecule has 10 nitrogen and oxygen atoms in total. The summed E-state index contributed by atoms with van der Waals surface area (Å²) in [5.74, 6) is -0.0259. The van der Waals surface area contributed by atoms with Crippen molar-refractivity contribution in [1.82, 2.24) is 25.7 Å². The fourth-order valence-corrected chi connectivity index (χ4v) is 11.4. The van der Waals surface area contributed by atoms with Gasteiger partial charge in [0.1, 0.15) is 12.5 Å². The van der Waals surface area contributed by atoms with Gasteiger partial charge in [-0.1, -0.05) is 105 Å². The van der Waals surface area contributed by atoms with Crippen LogP contribution >= 0.6 is 0 Å². The summed E-state index contributed by atoms with van der Waals surface area (Å²) in [7, 11) is 1.34. The number of ether oxygens (including phenoxy) is 2. The molecule has 0 radical (unpaired) electrons. The van der Waals surface area contributed by atoms with Crippen molar-refractivity contribution in [2.24, 2.45) is 35.5 Å². The number of allylic oxidation sites excluding steroid dienone is 3. The van der Waals surface area contributed by atoms with E-state index in [0.717, 1.165) is 87.2 Å². The van der Waals surface area contributed by atoms with Crippen LogP contribution in [0.4, 0.5) is 0 Å². The number of rotatable bonds is 20. The minimum atomic E-state index is -1.10. The maximum absolute atomic E-state index is 14.6. The number of hydrogen-bond acceptors (Lipinski definition) is 8. The van der Waals surface area contributed by atoms with Gasteiger partial charge in [-0.05, 0) is 129 Å². The summed E-state index contributed by atoms with van der Waals surface area (Å²) < 4.78 is 11.2. The average Bonchev–Trinajstić information content (AvgIpc) is 3.41. The summed E-state index contributed by atoms with van der Waals surface area (Å²) in [4.78, 5) is 49.2. The Labute approximate surface area is 388 Å². The van der Waals surface area contributed by atoms with Crippen molar-refractivity contribution in [2.45, 2.75) is 158 Å². The standard InChI is InChI=1S/C55H77N5O5/c1-13-39-35(8)42-28-44-37(10)41(24-25-47(61)65-27-26-34(7)23-17-22-33(6)21-16-20-32(5)19-15-18-31(3)4)51(58-44)49-50(54(63)64-12)53(62)48-38(11)55(59-60(55)52(48)49)30-46-40(14-2)36(9)43(57-46)29-45(39)56-42/h13,26,28-33,37,41,50-51,56-59H,1,14-25,27H2,2-12H3/b34-26+,43-29-,44-28-,46-30-/t32-,33-,37+,41+,50-,51?,55+,60?/m1/s1. The Morgan fingerprint density at radius 2 is 1.62 bits per heavy atom. The summed E-state index contributed by atoms with van der Waals surface area (Å²) in [6, 6.07) is -0.433. The smallest absolute Gasteiger partial charge is 0.320 e. The lowest BCUT2D eigenvalue weighted by Gasteiger charge is -2.26. The van der Waals surface area contributed by atoms with E-state index in [1.54, 1.807) is 0 Å². The number of carbonyl (C=O) groups is 3. The predicted octanol–water partition coefficient (Wildman–Crippen LogP) is 9.53. The van der Waals surface area contributed by atoms with E-state index in [2.05, 4.69) is 119 Å². The second-order valence-corrected chi connectivity index (χ2v) is 20.5. The Balaban J connectivity index is 1.09. The molecule has 0 saturated carbocycles. The van der Waals surface area contributed by atoms with Gasteiger partial charge in [0.05, 0.1) is 18.8 Å². The number of nitrogens with zero attached hydrogens (tertiary/aromatic N) is 1. The monoisotopic (exact) mass is 888 g/mol. The van der Waals surface area contributed by atoms with E-state index < -0.39 is 23.6 Å². The first-order valence-corrected chi connectivity index (χ1v) is 24.8. The Morgan fingerprint density at radius 3 is 2.28 bits per heavy atom. The number of Topliss-reactive ketones (excluding diaryl/α,β-unsaturated/α-hetero) is 1. The minimum absolute atomic E-state index is 0.0520. The number of esters is 2. The Hall–Kier alpha value is -4.83. The number of ketones is 1. The molecule has 7 atom stereocenters. The summed E-state index contributed by atoms with van der Waals surface area (Å²) in [5, 5.41) is 7.88. The van der Waals surface area contributed by atoms with Crippen LogP contribution in [0, 0.1) is 49.4 Å². The molecule has 2 fully saturated rings. The van der Waals surface area contributed by atoms with Crippen molar-refractivity contribution >= 4 is 42.0 Å². The van der Waals surface area contributed by atoms with E-state index in [4.69, 9.17) is 9.47 Å². The zero-order valence-electron chi connectivity index (χ0n) is 41.3. The lowest BCUT2D eigenvalue weighted by Crippen LogP contribution is -2.37. The van der Waals surface area contributed by atoms with Gasteiger partial charge >= 0.3 is 11.9 Å². The van der Waals surface area contributed by atoms with Gasteiger partial charge < -0.3 is 24.8 Å². The van der Waals surface area contributed by atoms with Gasteiger partial charge in [0.25, 0.3) is 0 Å². The van der Waals surface area contributed by atoms with Gasteiger partial charge in [-0.2, -0.15) is 5.43 Å². The maximum atomic E-state index is 14.6. The molecule has 6 heterocycles. The number of fused-ring (bicyclic) bond motifs is 7. The van der Waals surface area contributed by atoms with Crippen LogP contribution in [0.1, 0.15) is 160 Å². The summed E-state index contributed by atoms with van der Waals surface area (Å²) in [6.45, 7) is 26.6. The summed E-state index contributed by atoms with van der Waals surface area (Å²) in [5.41, 5.74) is 14.3. The van der Waals surface area contributed by atoms with Gasteiger partial charge in [0, 0.05) is 51.3 Å². The molecule has 5 aliphatic rings. The van der Waals surface area contributed by atoms with Gasteiger partial charge in [0.2, 0.25) is 0 Å². The van der Waals surface area contributed by atoms with Crippen molar-refractivity contribution < 1.29 is 23.9 Å². The first-order chi connectivity index (χ1) is 31.0. The molecule has 2 aromatic rings. The van der Waals surface area contributed by atoms with Gasteiger partial charge in [-0.25, -0.2) is 0 Å². The van der Waals surface area contributed by atoms with Crippen molar-refractivity contribution in [1.29, 1.82) is 0 Å². The lowest BCUT2D eigenvalue weighted by atomic mass is 9.80. The average molecular weight is 888 g/mol. The molecular formula is C55H77N5O5. The van der Waals surface area contributed by atoms with E-state index in [0.29, 0.717) is 17.6 Å². The number of nitrogens with one attached hydrogen (secondary N) is 4. The molecule has 2 saturated heterocycles. The highest BCUT2D eigenvalue weighted by atomic mass is 16.5. The molecule has 2 aromatic heterocycles. The first-order valence-electron chi connectivity index (χ1n) is 24.8. The molecule has 1 unspecified atom stereocenters. The van der Waals surface area contributed by atoms with E-state index >= 15 is 0 Å². The van der Waals surface area contributed by atoms with Crippen LogP contribution in [0.25, 0.3) is 24.3 Å². The fourth-order valence-electron chi connectivity index (χ4n) is 11.4. The van der Waals surface area contributed by atoms with Crippen molar-refractivity contribution in [3.05, 3.63) is 90.7 Å². The SMILES string of the molecule is C=Cc1c2[nH]c(c1C)/C=C1\NC(C3=C4C(=C(C)[C@@]5(/C=c6\[nH]/c(c(C)c6CC)=C\2)NN45)C(=O)[C@@H]3C(=O)OC)[C@@H](CCC(=O)OC/C=C(\C)CCC[C@H](C)CCC[C@H](C)CCCC(C)C)[C@@H]1C. The van der Waals surface area contributed by atoms with E-state index in [1.807, 2.05) is 13.0 Å². The van der Waals surface area contributed by atoms with Crippen LogP contribution in [0.2, 0.25) is 0 Å². The van der Waals surface area contributed by atoms with Crippen molar-refractivity contribution in [3.8, 4) is 0 Å². The van der Waals surface area contributed by atoms with Crippen LogP contribution in [-0.2, 0) is 30.3 Å². The Bertz CT molecular complexity index is 2440. The second-order valence-electron chi connectivity index (χ2n) is 20.5. The highest BCUT2D eigenvalue weighted by Crippen LogP contribution is 2.57. The molecule has 4 aliphatic heterocycles. The predicted molar refractivity (Wildman–Crippen MR) is 262 cm³/mol.